The van der Waals surface area contributed by atoms with Crippen LogP contribution < -0.4 is 5.32 Å². The summed E-state index contributed by atoms with van der Waals surface area (Å²) in [7, 11) is 1.60. The molecule has 1 N–H and O–H groups in total. The van der Waals surface area contributed by atoms with Crippen LogP contribution in [0.3, 0.4) is 0 Å². The van der Waals surface area contributed by atoms with Gasteiger partial charge in [0.25, 0.3) is 5.91 Å². The smallest absolute Gasteiger partial charge is 0.263 e. The maximum atomic E-state index is 12.7. The quantitative estimate of drug-likeness (QED) is 0.747. The SMILES string of the molecule is COCc1nc(C)c(C(=O)NC[C@@H]2C[C@H](C(=O)N3CCC=C(C)C3)CO2)s1. The fourth-order valence-corrected chi connectivity index (χ4v) is 4.47. The van der Waals surface area contributed by atoms with Crippen LogP contribution in [0, 0.1) is 12.8 Å². The van der Waals surface area contributed by atoms with Gasteiger partial charge in [0.15, 0.2) is 0 Å². The maximum absolute atomic E-state index is 12.7. The summed E-state index contributed by atoms with van der Waals surface area (Å²) in [5.41, 5.74) is 1.95. The van der Waals surface area contributed by atoms with E-state index in [1.807, 2.05) is 11.8 Å². The van der Waals surface area contributed by atoms with Crippen molar-refractivity contribution in [3.63, 3.8) is 0 Å². The van der Waals surface area contributed by atoms with Gasteiger partial charge in [-0.05, 0) is 26.7 Å². The first-order valence-corrected chi connectivity index (χ1v) is 10.1. The number of hydrogen-bond acceptors (Lipinski definition) is 6. The molecule has 1 aromatic heterocycles. The van der Waals surface area contributed by atoms with Gasteiger partial charge in [0.2, 0.25) is 5.91 Å². The predicted molar refractivity (Wildman–Crippen MR) is 103 cm³/mol. The summed E-state index contributed by atoms with van der Waals surface area (Å²) >= 11 is 1.34. The molecule has 1 aromatic rings. The average Bonchev–Trinajstić information content (AvgIpc) is 3.26. The van der Waals surface area contributed by atoms with Crippen LogP contribution in [0.1, 0.15) is 40.1 Å². The summed E-state index contributed by atoms with van der Waals surface area (Å²) in [6, 6.07) is 0. The fourth-order valence-electron chi connectivity index (χ4n) is 3.51. The van der Waals surface area contributed by atoms with E-state index in [0.29, 0.717) is 43.3 Å². The molecule has 0 aromatic carbocycles. The number of aryl methyl sites for hydroxylation is 1. The minimum Gasteiger partial charge on any atom is -0.378 e. The van der Waals surface area contributed by atoms with Crippen molar-refractivity contribution in [1.82, 2.24) is 15.2 Å². The Morgan fingerprint density at radius 1 is 1.44 bits per heavy atom. The molecular formula is C19H27N3O4S. The molecule has 3 heterocycles. The van der Waals surface area contributed by atoms with Gasteiger partial charge in [-0.2, -0.15) is 0 Å². The lowest BCUT2D eigenvalue weighted by Crippen LogP contribution is -2.40. The zero-order chi connectivity index (χ0) is 19.4. The molecule has 148 valence electrons. The molecule has 0 aliphatic carbocycles. The molecule has 2 amide bonds. The van der Waals surface area contributed by atoms with Gasteiger partial charge < -0.3 is 19.7 Å². The van der Waals surface area contributed by atoms with Crippen LogP contribution in [0.4, 0.5) is 0 Å². The van der Waals surface area contributed by atoms with Gasteiger partial charge in [0, 0.05) is 26.7 Å². The number of hydrogen-bond donors (Lipinski definition) is 1. The summed E-state index contributed by atoms with van der Waals surface area (Å²) in [6.45, 7) is 6.60. The molecule has 0 bridgehead atoms. The third-order valence-corrected chi connectivity index (χ3v) is 6.01. The van der Waals surface area contributed by atoms with Crippen LogP contribution in [0.25, 0.3) is 0 Å². The minimum absolute atomic E-state index is 0.115. The lowest BCUT2D eigenvalue weighted by Gasteiger charge is -2.28. The third kappa shape index (κ3) is 4.94. The Balaban J connectivity index is 1.48. The molecule has 2 aliphatic heterocycles. The molecule has 0 radical (unpaired) electrons. The summed E-state index contributed by atoms with van der Waals surface area (Å²) in [5, 5.41) is 3.70. The van der Waals surface area contributed by atoms with Gasteiger partial charge in [0.05, 0.1) is 30.9 Å². The second-order valence-electron chi connectivity index (χ2n) is 7.15. The minimum atomic E-state index is -0.150. The van der Waals surface area contributed by atoms with Crippen molar-refractivity contribution in [3.05, 3.63) is 27.2 Å². The van der Waals surface area contributed by atoms with E-state index >= 15 is 0 Å². The highest BCUT2D eigenvalue weighted by Crippen LogP contribution is 2.24. The highest BCUT2D eigenvalue weighted by molar-refractivity contribution is 7.13. The van der Waals surface area contributed by atoms with Crippen molar-refractivity contribution in [3.8, 4) is 0 Å². The molecule has 0 spiro atoms. The Morgan fingerprint density at radius 2 is 2.26 bits per heavy atom. The van der Waals surface area contributed by atoms with E-state index in [2.05, 4.69) is 23.3 Å². The van der Waals surface area contributed by atoms with E-state index in [-0.39, 0.29) is 23.8 Å². The van der Waals surface area contributed by atoms with Crippen molar-refractivity contribution < 1.29 is 19.1 Å². The second-order valence-corrected chi connectivity index (χ2v) is 8.24. The van der Waals surface area contributed by atoms with Crippen LogP contribution in [0.5, 0.6) is 0 Å². The van der Waals surface area contributed by atoms with Crippen LogP contribution in [0.2, 0.25) is 0 Å². The first-order valence-electron chi connectivity index (χ1n) is 9.27. The largest absolute Gasteiger partial charge is 0.378 e. The first-order chi connectivity index (χ1) is 13.0. The highest BCUT2D eigenvalue weighted by atomic mass is 32.1. The van der Waals surface area contributed by atoms with Gasteiger partial charge in [0.1, 0.15) is 9.88 Å². The molecule has 3 rings (SSSR count). The third-order valence-electron chi connectivity index (χ3n) is 4.88. The Hall–Kier alpha value is -1.77. The number of methoxy groups -OCH3 is 1. The number of aromatic nitrogens is 1. The zero-order valence-electron chi connectivity index (χ0n) is 16.1. The number of nitrogens with zero attached hydrogens (tertiary/aromatic N) is 2. The normalized spacial score (nSPS) is 22.6. The second kappa shape index (κ2) is 8.95. The van der Waals surface area contributed by atoms with E-state index in [1.165, 1.54) is 16.9 Å². The number of thiazole rings is 1. The molecule has 0 unspecified atom stereocenters. The lowest BCUT2D eigenvalue weighted by atomic mass is 10.0. The molecule has 0 saturated carbocycles. The topological polar surface area (TPSA) is 80.8 Å². The van der Waals surface area contributed by atoms with Crippen LogP contribution in [0.15, 0.2) is 11.6 Å². The summed E-state index contributed by atoms with van der Waals surface area (Å²) in [5.74, 6) is -0.0995. The van der Waals surface area contributed by atoms with Gasteiger partial charge in [-0.15, -0.1) is 11.3 Å². The summed E-state index contributed by atoms with van der Waals surface area (Å²) < 4.78 is 10.8. The summed E-state index contributed by atoms with van der Waals surface area (Å²) in [4.78, 5) is 32.0. The molecule has 2 atom stereocenters. The van der Waals surface area contributed by atoms with Gasteiger partial charge in [-0.25, -0.2) is 4.98 Å². The standard InChI is InChI=1S/C19H27N3O4S/c1-12-5-4-6-22(9-12)19(24)14-7-15(26-10-14)8-20-18(23)17-13(2)21-16(27-17)11-25-3/h5,14-15H,4,6-11H2,1-3H3,(H,20,23)/t14-,15-/m0/s1. The van der Waals surface area contributed by atoms with Crippen molar-refractivity contribution in [2.24, 2.45) is 5.92 Å². The van der Waals surface area contributed by atoms with Crippen molar-refractivity contribution >= 4 is 23.2 Å². The average molecular weight is 394 g/mol. The summed E-state index contributed by atoms with van der Waals surface area (Å²) in [6.07, 6.45) is 3.63. The van der Waals surface area contributed by atoms with E-state index in [0.717, 1.165) is 18.0 Å². The monoisotopic (exact) mass is 393 g/mol. The van der Waals surface area contributed by atoms with Gasteiger partial charge >= 0.3 is 0 Å². The predicted octanol–water partition coefficient (Wildman–Crippen LogP) is 1.91. The van der Waals surface area contributed by atoms with E-state index < -0.39 is 0 Å². The first kappa shape index (κ1) is 20.0. The van der Waals surface area contributed by atoms with E-state index in [4.69, 9.17) is 9.47 Å². The number of rotatable bonds is 6. The van der Waals surface area contributed by atoms with E-state index in [9.17, 15) is 9.59 Å². The van der Waals surface area contributed by atoms with Crippen LogP contribution in [-0.4, -0.2) is 61.2 Å². The Labute approximate surface area is 163 Å². The highest BCUT2D eigenvalue weighted by Gasteiger charge is 2.34. The molecular weight excluding hydrogens is 366 g/mol. The number of nitrogens with one attached hydrogen (secondary N) is 1. The number of ether oxygens (including phenoxy) is 2. The van der Waals surface area contributed by atoms with Crippen LogP contribution >= 0.6 is 11.3 Å². The fraction of sp³-hybridized carbons (Fsp3) is 0.632. The number of carbonyl (C=O) groups is 2. The molecule has 2 aliphatic rings. The van der Waals surface area contributed by atoms with Crippen molar-refractivity contribution in [2.45, 2.75) is 39.4 Å². The molecule has 1 fully saturated rings. The number of carbonyl (C=O) groups excluding carboxylic acids is 2. The Kier molecular flexibility index (Phi) is 6.62. The van der Waals surface area contributed by atoms with Crippen LogP contribution in [-0.2, 0) is 20.9 Å². The van der Waals surface area contributed by atoms with Gasteiger partial charge in [-0.1, -0.05) is 11.6 Å². The van der Waals surface area contributed by atoms with Gasteiger partial charge in [-0.3, -0.25) is 9.59 Å². The zero-order valence-corrected chi connectivity index (χ0v) is 16.9. The number of amides is 2. The Bertz CT molecular complexity index is 731. The Morgan fingerprint density at radius 3 is 3.00 bits per heavy atom. The molecule has 8 heteroatoms. The van der Waals surface area contributed by atoms with Crippen molar-refractivity contribution in [2.75, 3.05) is 33.4 Å². The lowest BCUT2D eigenvalue weighted by molar-refractivity contribution is -0.135. The molecule has 7 nitrogen and oxygen atoms in total. The molecule has 27 heavy (non-hydrogen) atoms. The van der Waals surface area contributed by atoms with Crippen molar-refractivity contribution in [1.29, 1.82) is 0 Å². The maximum Gasteiger partial charge on any atom is 0.263 e. The van der Waals surface area contributed by atoms with E-state index in [1.54, 1.807) is 7.11 Å². The molecule has 1 saturated heterocycles.